The van der Waals surface area contributed by atoms with Gasteiger partial charge in [0.1, 0.15) is 5.82 Å². The molecule has 0 atom stereocenters. The van der Waals surface area contributed by atoms with E-state index in [2.05, 4.69) is 46.6 Å². The third kappa shape index (κ3) is 4.83. The second-order valence-electron chi connectivity index (χ2n) is 7.73. The molecule has 2 aromatic heterocycles. The summed E-state index contributed by atoms with van der Waals surface area (Å²) in [6, 6.07) is 11.8. The van der Waals surface area contributed by atoms with Crippen molar-refractivity contribution in [2.45, 2.75) is 46.5 Å². The van der Waals surface area contributed by atoms with Crippen LogP contribution in [0.1, 0.15) is 44.3 Å². The highest BCUT2D eigenvalue weighted by atomic mass is 14.9. The number of nitrogens with one attached hydrogen (secondary N) is 1. The summed E-state index contributed by atoms with van der Waals surface area (Å²) in [7, 11) is 0. The van der Waals surface area contributed by atoms with Crippen molar-refractivity contribution in [2.24, 2.45) is 5.41 Å². The Morgan fingerprint density at radius 1 is 1.11 bits per heavy atom. The van der Waals surface area contributed by atoms with Gasteiger partial charge in [0, 0.05) is 30.1 Å². The van der Waals surface area contributed by atoms with Gasteiger partial charge in [-0.1, -0.05) is 57.0 Å². The van der Waals surface area contributed by atoms with E-state index in [0.717, 1.165) is 48.3 Å². The fourth-order valence-corrected chi connectivity index (χ4v) is 3.09. The Morgan fingerprint density at radius 2 is 1.96 bits per heavy atom. The van der Waals surface area contributed by atoms with Crippen molar-refractivity contribution in [2.75, 3.05) is 0 Å². The highest BCUT2D eigenvalue weighted by Crippen LogP contribution is 2.30. The molecule has 2 heterocycles. The SMILES string of the molecule is [C-]#[N+]c1cc(CCc2ncc(CC(C)(C)CC)[nH]2)ccc1-c1ccccn1. The lowest BCUT2D eigenvalue weighted by Crippen LogP contribution is -2.13. The first-order chi connectivity index (χ1) is 13.0. The number of hydrogen-bond donors (Lipinski definition) is 1. The quantitative estimate of drug-likeness (QED) is 0.544. The molecule has 4 nitrogen and oxygen atoms in total. The molecule has 0 spiro atoms. The molecule has 4 heteroatoms. The lowest BCUT2D eigenvalue weighted by Gasteiger charge is -2.21. The Balaban J connectivity index is 1.69. The number of aromatic amines is 1. The van der Waals surface area contributed by atoms with Crippen molar-refractivity contribution in [3.63, 3.8) is 0 Å². The number of aromatic nitrogens is 3. The maximum Gasteiger partial charge on any atom is 0.196 e. The van der Waals surface area contributed by atoms with Crippen molar-refractivity contribution < 1.29 is 0 Å². The first-order valence-corrected chi connectivity index (χ1v) is 9.45. The second-order valence-corrected chi connectivity index (χ2v) is 7.73. The lowest BCUT2D eigenvalue weighted by atomic mass is 9.85. The minimum absolute atomic E-state index is 0.287. The summed E-state index contributed by atoms with van der Waals surface area (Å²) in [6.07, 6.45) is 7.56. The number of hydrogen-bond acceptors (Lipinski definition) is 2. The first kappa shape index (κ1) is 18.8. The molecule has 0 aliphatic carbocycles. The molecule has 0 aliphatic rings. The van der Waals surface area contributed by atoms with Gasteiger partial charge in [0.05, 0.1) is 12.3 Å². The van der Waals surface area contributed by atoms with Gasteiger partial charge in [0.25, 0.3) is 0 Å². The van der Waals surface area contributed by atoms with Crippen LogP contribution in [0.15, 0.2) is 48.8 Å². The van der Waals surface area contributed by atoms with Crippen molar-refractivity contribution in [1.29, 1.82) is 0 Å². The van der Waals surface area contributed by atoms with Crippen LogP contribution in [0.3, 0.4) is 0 Å². The van der Waals surface area contributed by atoms with Crippen LogP contribution < -0.4 is 0 Å². The highest BCUT2D eigenvalue weighted by molar-refractivity contribution is 5.76. The molecule has 0 bridgehead atoms. The van der Waals surface area contributed by atoms with Gasteiger partial charge < -0.3 is 4.98 Å². The number of H-pyrrole nitrogens is 1. The predicted octanol–water partition coefficient (Wildman–Crippen LogP) is 5.79. The molecule has 0 fully saturated rings. The van der Waals surface area contributed by atoms with Crippen molar-refractivity contribution >= 4 is 5.69 Å². The Kier molecular flexibility index (Phi) is 5.71. The van der Waals surface area contributed by atoms with Gasteiger partial charge in [-0.05, 0) is 30.4 Å². The summed E-state index contributed by atoms with van der Waals surface area (Å²) in [5, 5.41) is 0. The molecular weight excluding hydrogens is 332 g/mol. The normalized spacial score (nSPS) is 11.3. The largest absolute Gasteiger partial charge is 0.346 e. The van der Waals surface area contributed by atoms with Gasteiger partial charge in [-0.25, -0.2) is 9.83 Å². The zero-order valence-electron chi connectivity index (χ0n) is 16.3. The Labute approximate surface area is 161 Å². The number of nitrogens with zero attached hydrogens (tertiary/aromatic N) is 3. The molecule has 0 unspecified atom stereocenters. The zero-order valence-corrected chi connectivity index (χ0v) is 16.3. The molecule has 0 saturated carbocycles. The predicted molar refractivity (Wildman–Crippen MR) is 110 cm³/mol. The van der Waals surface area contributed by atoms with Crippen LogP contribution in [0.25, 0.3) is 16.1 Å². The number of pyridine rings is 1. The van der Waals surface area contributed by atoms with E-state index in [0.29, 0.717) is 5.69 Å². The van der Waals surface area contributed by atoms with Crippen molar-refractivity contribution in [1.82, 2.24) is 15.0 Å². The topological polar surface area (TPSA) is 45.9 Å². The fourth-order valence-electron chi connectivity index (χ4n) is 3.09. The van der Waals surface area contributed by atoms with Crippen LogP contribution in [-0.4, -0.2) is 15.0 Å². The summed E-state index contributed by atoms with van der Waals surface area (Å²) < 4.78 is 0. The Morgan fingerprint density at radius 3 is 2.67 bits per heavy atom. The summed E-state index contributed by atoms with van der Waals surface area (Å²) in [4.78, 5) is 16.1. The number of rotatable bonds is 7. The lowest BCUT2D eigenvalue weighted by molar-refractivity contribution is 0.346. The molecule has 3 rings (SSSR count). The van der Waals surface area contributed by atoms with E-state index in [1.54, 1.807) is 6.20 Å². The average molecular weight is 358 g/mol. The van der Waals surface area contributed by atoms with Gasteiger partial charge in [0.15, 0.2) is 5.69 Å². The number of benzene rings is 1. The van der Waals surface area contributed by atoms with Crippen LogP contribution in [0.5, 0.6) is 0 Å². The van der Waals surface area contributed by atoms with E-state index in [1.807, 2.05) is 36.5 Å². The monoisotopic (exact) mass is 358 g/mol. The molecule has 1 N–H and O–H groups in total. The molecular formula is C23H26N4. The molecule has 0 radical (unpaired) electrons. The standard InChI is InChI=1S/C23H26N4/c1-5-23(2,3)15-18-16-26-22(27-18)12-10-17-9-11-19(21(14-17)24-4)20-8-6-7-13-25-20/h6-9,11,13-14,16H,5,10,12,15H2,1-3H3,(H,26,27). The van der Waals surface area contributed by atoms with Crippen LogP contribution in [-0.2, 0) is 19.3 Å². The summed E-state index contributed by atoms with van der Waals surface area (Å²) >= 11 is 0. The number of aryl methyl sites for hydroxylation is 2. The molecule has 27 heavy (non-hydrogen) atoms. The highest BCUT2D eigenvalue weighted by Gasteiger charge is 2.17. The molecule has 0 aliphatic heterocycles. The van der Waals surface area contributed by atoms with E-state index in [1.165, 1.54) is 5.69 Å². The summed E-state index contributed by atoms with van der Waals surface area (Å²) in [5.74, 6) is 1.01. The van der Waals surface area contributed by atoms with Gasteiger partial charge >= 0.3 is 0 Å². The molecule has 138 valence electrons. The fraction of sp³-hybridized carbons (Fsp3) is 0.348. The maximum atomic E-state index is 7.51. The summed E-state index contributed by atoms with van der Waals surface area (Å²) in [5.41, 5.74) is 5.00. The molecule has 1 aromatic carbocycles. The van der Waals surface area contributed by atoms with Gasteiger partial charge in [0.2, 0.25) is 0 Å². The maximum absolute atomic E-state index is 7.51. The number of imidazole rings is 1. The molecule has 0 saturated heterocycles. The third-order valence-electron chi connectivity index (χ3n) is 5.08. The van der Waals surface area contributed by atoms with E-state index >= 15 is 0 Å². The van der Waals surface area contributed by atoms with Crippen LogP contribution in [0.2, 0.25) is 0 Å². The van der Waals surface area contributed by atoms with Gasteiger partial charge in [-0.15, -0.1) is 0 Å². The van der Waals surface area contributed by atoms with Gasteiger partial charge in [-0.2, -0.15) is 0 Å². The van der Waals surface area contributed by atoms with Crippen LogP contribution >= 0.6 is 0 Å². The zero-order chi connectivity index (χ0) is 19.3. The summed E-state index contributed by atoms with van der Waals surface area (Å²) in [6.45, 7) is 14.3. The van der Waals surface area contributed by atoms with Crippen molar-refractivity contribution in [3.05, 3.63) is 77.3 Å². The van der Waals surface area contributed by atoms with E-state index < -0.39 is 0 Å². The molecule has 3 aromatic rings. The van der Waals surface area contributed by atoms with Crippen LogP contribution in [0, 0.1) is 12.0 Å². The average Bonchev–Trinajstić information content (AvgIpc) is 3.13. The van der Waals surface area contributed by atoms with Crippen molar-refractivity contribution in [3.8, 4) is 11.3 Å². The van der Waals surface area contributed by atoms with E-state index in [9.17, 15) is 0 Å². The van der Waals surface area contributed by atoms with Crippen LogP contribution in [0.4, 0.5) is 5.69 Å². The first-order valence-electron chi connectivity index (χ1n) is 9.45. The third-order valence-corrected chi connectivity index (χ3v) is 5.08. The Bertz CT molecular complexity index is 933. The van der Waals surface area contributed by atoms with E-state index in [-0.39, 0.29) is 5.41 Å². The van der Waals surface area contributed by atoms with E-state index in [4.69, 9.17) is 6.57 Å². The minimum atomic E-state index is 0.287. The molecule has 0 amide bonds. The Hall–Kier alpha value is -2.93. The minimum Gasteiger partial charge on any atom is -0.346 e. The smallest absolute Gasteiger partial charge is 0.196 e. The second kappa shape index (κ2) is 8.18. The van der Waals surface area contributed by atoms with Gasteiger partial charge in [-0.3, -0.25) is 4.98 Å².